The Morgan fingerprint density at radius 1 is 1.43 bits per heavy atom. The van der Waals surface area contributed by atoms with Crippen LogP contribution in [0, 0.1) is 11.3 Å². The SMILES string of the molecule is N#CCC1(N=CC(=CN)c2ncnc3[nH]ccc23)CCNCC1. The second kappa shape index (κ2) is 6.58. The van der Waals surface area contributed by atoms with Gasteiger partial charge in [0.15, 0.2) is 0 Å². The third-order valence-electron chi connectivity index (χ3n) is 4.23. The van der Waals surface area contributed by atoms with E-state index >= 15 is 0 Å². The highest BCUT2D eigenvalue weighted by atomic mass is 15.0. The lowest BCUT2D eigenvalue weighted by molar-refractivity contribution is 0.320. The molecule has 1 aliphatic rings. The van der Waals surface area contributed by atoms with Gasteiger partial charge >= 0.3 is 0 Å². The zero-order chi connectivity index (χ0) is 16.1. The average Bonchev–Trinajstić information content (AvgIpc) is 3.06. The minimum Gasteiger partial charge on any atom is -0.404 e. The molecule has 0 unspecified atom stereocenters. The van der Waals surface area contributed by atoms with Crippen molar-refractivity contribution in [2.45, 2.75) is 24.8 Å². The van der Waals surface area contributed by atoms with Crippen molar-refractivity contribution in [2.75, 3.05) is 13.1 Å². The Morgan fingerprint density at radius 2 is 2.26 bits per heavy atom. The summed E-state index contributed by atoms with van der Waals surface area (Å²) in [5.74, 6) is 0. The molecule has 0 aromatic carbocycles. The van der Waals surface area contributed by atoms with E-state index in [9.17, 15) is 0 Å². The van der Waals surface area contributed by atoms with Crippen molar-refractivity contribution < 1.29 is 0 Å². The van der Waals surface area contributed by atoms with E-state index in [1.54, 1.807) is 6.21 Å². The molecule has 1 fully saturated rings. The summed E-state index contributed by atoms with van der Waals surface area (Å²) in [7, 11) is 0. The molecule has 0 aliphatic carbocycles. The van der Waals surface area contributed by atoms with Crippen LogP contribution in [-0.2, 0) is 0 Å². The van der Waals surface area contributed by atoms with Gasteiger partial charge in [-0.05, 0) is 32.0 Å². The van der Waals surface area contributed by atoms with Gasteiger partial charge in [0, 0.05) is 29.6 Å². The predicted molar refractivity (Wildman–Crippen MR) is 89.6 cm³/mol. The lowest BCUT2D eigenvalue weighted by Gasteiger charge is -2.32. The summed E-state index contributed by atoms with van der Waals surface area (Å²) in [4.78, 5) is 16.3. The number of nitriles is 1. The minimum atomic E-state index is -0.335. The van der Waals surface area contributed by atoms with Gasteiger partial charge in [0.2, 0.25) is 0 Å². The van der Waals surface area contributed by atoms with Gasteiger partial charge in [-0.25, -0.2) is 9.97 Å². The molecule has 2 aromatic heterocycles. The largest absolute Gasteiger partial charge is 0.404 e. The Balaban J connectivity index is 1.93. The van der Waals surface area contributed by atoms with Crippen molar-refractivity contribution >= 4 is 22.8 Å². The molecule has 0 amide bonds. The van der Waals surface area contributed by atoms with Crippen LogP contribution in [0.5, 0.6) is 0 Å². The van der Waals surface area contributed by atoms with Crippen molar-refractivity contribution in [2.24, 2.45) is 10.7 Å². The Labute approximate surface area is 134 Å². The predicted octanol–water partition coefficient (Wildman–Crippen LogP) is 1.36. The Hall–Kier alpha value is -2.72. The maximum atomic E-state index is 9.13. The van der Waals surface area contributed by atoms with Crippen LogP contribution in [0.25, 0.3) is 16.6 Å². The van der Waals surface area contributed by atoms with Crippen molar-refractivity contribution in [3.05, 3.63) is 30.5 Å². The van der Waals surface area contributed by atoms with E-state index in [2.05, 4.69) is 26.3 Å². The molecule has 118 valence electrons. The van der Waals surface area contributed by atoms with Gasteiger partial charge in [0.1, 0.15) is 12.0 Å². The number of piperidine rings is 1. The fourth-order valence-electron chi connectivity index (χ4n) is 2.88. The maximum absolute atomic E-state index is 9.13. The second-order valence-electron chi connectivity index (χ2n) is 5.65. The number of nitrogens with zero attached hydrogens (tertiary/aromatic N) is 4. The molecule has 1 saturated heterocycles. The van der Waals surface area contributed by atoms with Gasteiger partial charge in [-0.2, -0.15) is 5.26 Å². The Bertz CT molecular complexity index is 775. The summed E-state index contributed by atoms with van der Waals surface area (Å²) in [5, 5.41) is 13.3. The summed E-state index contributed by atoms with van der Waals surface area (Å²) < 4.78 is 0. The van der Waals surface area contributed by atoms with Crippen LogP contribution in [0.15, 0.2) is 29.8 Å². The van der Waals surface area contributed by atoms with Crippen LogP contribution in [-0.4, -0.2) is 39.8 Å². The van der Waals surface area contributed by atoms with Crippen molar-refractivity contribution in [1.29, 1.82) is 5.26 Å². The normalized spacial score (nSPS) is 18.3. The number of H-pyrrole nitrogens is 1. The summed E-state index contributed by atoms with van der Waals surface area (Å²) in [6, 6.07) is 4.18. The zero-order valence-corrected chi connectivity index (χ0v) is 12.8. The molecule has 7 heteroatoms. The van der Waals surface area contributed by atoms with E-state index in [1.165, 1.54) is 12.5 Å². The van der Waals surface area contributed by atoms with E-state index in [4.69, 9.17) is 16.0 Å². The van der Waals surface area contributed by atoms with Gasteiger partial charge in [-0.3, -0.25) is 4.99 Å². The standard InChI is InChI=1S/C16H19N7/c17-5-2-16(3-7-19-8-4-16)23-10-12(9-18)14-13-1-6-20-15(13)22-11-21-14/h1,6,9-11,19H,2-4,7-8,18H2,(H,20,21,22). The van der Waals surface area contributed by atoms with E-state index < -0.39 is 0 Å². The maximum Gasteiger partial charge on any atom is 0.141 e. The van der Waals surface area contributed by atoms with Crippen molar-refractivity contribution in [1.82, 2.24) is 20.3 Å². The van der Waals surface area contributed by atoms with E-state index in [-0.39, 0.29) is 5.54 Å². The molecule has 3 rings (SSSR count). The van der Waals surface area contributed by atoms with Crippen LogP contribution in [0.2, 0.25) is 0 Å². The number of fused-ring (bicyclic) bond motifs is 1. The summed E-state index contributed by atoms with van der Waals surface area (Å²) in [6.07, 6.45) is 8.67. The second-order valence-corrected chi connectivity index (χ2v) is 5.65. The van der Waals surface area contributed by atoms with Crippen LogP contribution in [0.4, 0.5) is 0 Å². The molecular formula is C16H19N7. The smallest absolute Gasteiger partial charge is 0.141 e. The molecule has 0 bridgehead atoms. The van der Waals surface area contributed by atoms with Crippen LogP contribution >= 0.6 is 0 Å². The number of nitrogens with two attached hydrogens (primary N) is 1. The van der Waals surface area contributed by atoms with Crippen molar-refractivity contribution in [3.8, 4) is 6.07 Å². The number of rotatable bonds is 4. The van der Waals surface area contributed by atoms with Gasteiger partial charge in [-0.1, -0.05) is 0 Å². The third-order valence-corrected chi connectivity index (χ3v) is 4.23. The number of allylic oxidation sites excluding steroid dienone is 1. The van der Waals surface area contributed by atoms with Crippen LogP contribution in [0.3, 0.4) is 0 Å². The molecule has 3 heterocycles. The highest BCUT2D eigenvalue weighted by molar-refractivity contribution is 6.13. The molecule has 2 aromatic rings. The minimum absolute atomic E-state index is 0.335. The fraction of sp³-hybridized carbons (Fsp3) is 0.375. The topological polar surface area (TPSA) is 116 Å². The van der Waals surface area contributed by atoms with E-state index in [0.717, 1.165) is 48.2 Å². The molecule has 23 heavy (non-hydrogen) atoms. The fourth-order valence-corrected chi connectivity index (χ4v) is 2.88. The zero-order valence-electron chi connectivity index (χ0n) is 12.8. The highest BCUT2D eigenvalue weighted by Gasteiger charge is 2.30. The van der Waals surface area contributed by atoms with Crippen LogP contribution < -0.4 is 11.1 Å². The van der Waals surface area contributed by atoms with Gasteiger partial charge in [-0.15, -0.1) is 0 Å². The lowest BCUT2D eigenvalue weighted by Crippen LogP contribution is -2.40. The molecule has 0 radical (unpaired) electrons. The number of aliphatic imine (C=N–C) groups is 1. The van der Waals surface area contributed by atoms with E-state index in [1.807, 2.05) is 12.3 Å². The third kappa shape index (κ3) is 3.07. The van der Waals surface area contributed by atoms with Gasteiger partial charge < -0.3 is 16.0 Å². The molecule has 0 spiro atoms. The molecule has 1 aliphatic heterocycles. The molecule has 0 saturated carbocycles. The Kier molecular flexibility index (Phi) is 4.35. The quantitative estimate of drug-likeness (QED) is 0.737. The van der Waals surface area contributed by atoms with E-state index in [0.29, 0.717) is 6.42 Å². The monoisotopic (exact) mass is 309 g/mol. The number of aromatic nitrogens is 3. The van der Waals surface area contributed by atoms with Gasteiger partial charge in [0.25, 0.3) is 0 Å². The van der Waals surface area contributed by atoms with Crippen molar-refractivity contribution in [3.63, 3.8) is 0 Å². The first-order chi connectivity index (χ1) is 11.3. The first-order valence-electron chi connectivity index (χ1n) is 7.61. The first-order valence-corrected chi connectivity index (χ1v) is 7.61. The number of aromatic amines is 1. The molecular weight excluding hydrogens is 290 g/mol. The number of hydrogen-bond donors (Lipinski definition) is 3. The average molecular weight is 309 g/mol. The first kappa shape index (κ1) is 15.2. The van der Waals surface area contributed by atoms with Gasteiger partial charge in [0.05, 0.1) is 23.7 Å². The molecule has 4 N–H and O–H groups in total. The number of hydrogen-bond acceptors (Lipinski definition) is 6. The summed E-state index contributed by atoms with van der Waals surface area (Å²) >= 11 is 0. The summed E-state index contributed by atoms with van der Waals surface area (Å²) in [5.41, 5.74) is 7.69. The molecule has 7 nitrogen and oxygen atoms in total. The summed E-state index contributed by atoms with van der Waals surface area (Å²) in [6.45, 7) is 1.74. The highest BCUT2D eigenvalue weighted by Crippen LogP contribution is 2.28. The Morgan fingerprint density at radius 3 is 3.00 bits per heavy atom. The lowest BCUT2D eigenvalue weighted by atomic mass is 9.86. The van der Waals surface area contributed by atoms with Crippen LogP contribution in [0.1, 0.15) is 25.0 Å². The molecule has 0 atom stereocenters. The number of nitrogens with one attached hydrogen (secondary N) is 2.